The van der Waals surface area contributed by atoms with Crippen LogP contribution < -0.4 is 15.6 Å². The average Bonchev–Trinajstić information content (AvgIpc) is 2.93. The predicted molar refractivity (Wildman–Crippen MR) is 82.5 cm³/mol. The Labute approximate surface area is 126 Å². The second-order valence-electron chi connectivity index (χ2n) is 4.69. The molecule has 2 N–H and O–H groups in total. The lowest BCUT2D eigenvalue weighted by molar-refractivity contribution is -0.118. The third-order valence-electron chi connectivity index (χ3n) is 3.24. The van der Waals surface area contributed by atoms with E-state index in [1.165, 1.54) is 5.01 Å². The monoisotopic (exact) mass is 300 g/mol. The van der Waals surface area contributed by atoms with Crippen molar-refractivity contribution >= 4 is 40.5 Å². The first-order chi connectivity index (χ1) is 10.1. The molecule has 21 heavy (non-hydrogen) atoms. The number of nitrogens with one attached hydrogen (secondary N) is 2. The zero-order valence-electron chi connectivity index (χ0n) is 11.2. The fourth-order valence-corrected chi connectivity index (χ4v) is 2.39. The number of carbonyl (C=O) groups is 2. The average molecular weight is 300 g/mol. The number of hydrogen-bond donors (Lipinski definition) is 2. The van der Waals surface area contributed by atoms with Crippen molar-refractivity contribution in [2.45, 2.75) is 6.92 Å². The first-order valence-corrected chi connectivity index (χ1v) is 6.75. The van der Waals surface area contributed by atoms with Crippen LogP contribution >= 0.6 is 12.2 Å². The molecule has 0 saturated carbocycles. The fraction of sp³-hybridized carbons (Fsp3) is 0.143. The van der Waals surface area contributed by atoms with E-state index >= 15 is 0 Å². The number of carbonyl (C=O) groups excluding carboxylic acids is 2. The van der Waals surface area contributed by atoms with Gasteiger partial charge in [-0.2, -0.15) is 10.1 Å². The summed E-state index contributed by atoms with van der Waals surface area (Å²) in [5.41, 5.74) is 1.61. The summed E-state index contributed by atoms with van der Waals surface area (Å²) in [6.07, 6.45) is 1.55. The van der Waals surface area contributed by atoms with Crippen molar-refractivity contribution in [3.63, 3.8) is 0 Å². The maximum absolute atomic E-state index is 12.5. The van der Waals surface area contributed by atoms with E-state index in [-0.39, 0.29) is 22.6 Å². The molecule has 0 aliphatic carbocycles. The van der Waals surface area contributed by atoms with Crippen molar-refractivity contribution in [1.82, 2.24) is 10.6 Å². The van der Waals surface area contributed by atoms with Crippen LogP contribution in [0.3, 0.4) is 0 Å². The van der Waals surface area contributed by atoms with E-state index in [1.807, 2.05) is 18.2 Å². The van der Waals surface area contributed by atoms with Crippen LogP contribution in [0.2, 0.25) is 0 Å². The largest absolute Gasteiger partial charge is 0.328 e. The molecule has 3 rings (SSSR count). The number of anilines is 1. The summed E-state index contributed by atoms with van der Waals surface area (Å²) in [5, 5.41) is 11.1. The number of hydrazone groups is 1. The second-order valence-corrected chi connectivity index (χ2v) is 5.10. The van der Waals surface area contributed by atoms with Crippen molar-refractivity contribution in [3.05, 3.63) is 42.1 Å². The van der Waals surface area contributed by atoms with Crippen LogP contribution in [0.1, 0.15) is 6.92 Å². The molecule has 1 unspecified atom stereocenters. The summed E-state index contributed by atoms with van der Waals surface area (Å²) >= 11 is 4.86. The van der Waals surface area contributed by atoms with Gasteiger partial charge in [0.05, 0.1) is 11.4 Å². The molecule has 1 aromatic rings. The molecular formula is C14H12N4O2S. The Morgan fingerprint density at radius 3 is 2.57 bits per heavy atom. The number of para-hydroxylation sites is 1. The van der Waals surface area contributed by atoms with E-state index < -0.39 is 5.92 Å². The van der Waals surface area contributed by atoms with Gasteiger partial charge in [-0.3, -0.25) is 14.9 Å². The normalized spacial score (nSPS) is 23.4. The molecule has 1 atom stereocenters. The van der Waals surface area contributed by atoms with Gasteiger partial charge >= 0.3 is 0 Å². The first-order valence-electron chi connectivity index (χ1n) is 6.34. The molecule has 0 bridgehead atoms. The van der Waals surface area contributed by atoms with Crippen molar-refractivity contribution in [1.29, 1.82) is 0 Å². The van der Waals surface area contributed by atoms with Gasteiger partial charge in [-0.05, 0) is 37.4 Å². The van der Waals surface area contributed by atoms with Crippen LogP contribution in [-0.2, 0) is 9.59 Å². The highest BCUT2D eigenvalue weighted by Gasteiger charge is 2.34. The lowest BCUT2D eigenvalue weighted by Gasteiger charge is -2.12. The van der Waals surface area contributed by atoms with E-state index in [0.29, 0.717) is 11.4 Å². The molecule has 2 amide bonds. The van der Waals surface area contributed by atoms with Gasteiger partial charge in [0.1, 0.15) is 11.6 Å². The molecule has 7 heteroatoms. The van der Waals surface area contributed by atoms with Gasteiger partial charge in [-0.15, -0.1) is 0 Å². The number of thiocarbonyl (C=S) groups is 1. The highest BCUT2D eigenvalue weighted by Crippen LogP contribution is 2.25. The van der Waals surface area contributed by atoms with Crippen LogP contribution in [0.15, 0.2) is 47.2 Å². The SMILES string of the molecule is CC1=NN(c2ccccc2)C(=O)C1C=C1NC(=S)NC1=O. The van der Waals surface area contributed by atoms with E-state index in [2.05, 4.69) is 15.7 Å². The first kappa shape index (κ1) is 13.4. The molecule has 1 saturated heterocycles. The van der Waals surface area contributed by atoms with E-state index in [0.717, 1.165) is 0 Å². The topological polar surface area (TPSA) is 73.8 Å². The number of hydrogen-bond acceptors (Lipinski definition) is 4. The number of rotatable bonds is 2. The van der Waals surface area contributed by atoms with Crippen molar-refractivity contribution < 1.29 is 9.59 Å². The molecule has 1 fully saturated rings. The van der Waals surface area contributed by atoms with E-state index in [1.54, 1.807) is 25.1 Å². The van der Waals surface area contributed by atoms with Crippen LogP contribution in [-0.4, -0.2) is 22.6 Å². The summed E-state index contributed by atoms with van der Waals surface area (Å²) < 4.78 is 0. The van der Waals surface area contributed by atoms with Crippen LogP contribution in [0.5, 0.6) is 0 Å². The van der Waals surface area contributed by atoms with Gasteiger partial charge < -0.3 is 5.32 Å². The molecular weight excluding hydrogens is 288 g/mol. The maximum atomic E-state index is 12.5. The van der Waals surface area contributed by atoms with Crippen LogP contribution in [0.4, 0.5) is 5.69 Å². The Bertz CT molecular complexity index is 696. The minimum Gasteiger partial charge on any atom is -0.328 e. The summed E-state index contributed by atoms with van der Waals surface area (Å²) in [5.74, 6) is -1.10. The predicted octanol–water partition coefficient (Wildman–Crippen LogP) is 0.913. The van der Waals surface area contributed by atoms with Crippen molar-refractivity contribution in [2.24, 2.45) is 11.0 Å². The van der Waals surface area contributed by atoms with Gasteiger partial charge in [-0.1, -0.05) is 18.2 Å². The van der Waals surface area contributed by atoms with Crippen molar-refractivity contribution in [2.75, 3.05) is 5.01 Å². The highest BCUT2D eigenvalue weighted by molar-refractivity contribution is 7.80. The molecule has 2 heterocycles. The van der Waals surface area contributed by atoms with Gasteiger partial charge in [0, 0.05) is 0 Å². The van der Waals surface area contributed by atoms with E-state index in [4.69, 9.17) is 12.2 Å². The molecule has 106 valence electrons. The van der Waals surface area contributed by atoms with E-state index in [9.17, 15) is 9.59 Å². The van der Waals surface area contributed by atoms with Crippen LogP contribution in [0, 0.1) is 5.92 Å². The van der Waals surface area contributed by atoms with Crippen molar-refractivity contribution in [3.8, 4) is 0 Å². The third-order valence-corrected chi connectivity index (χ3v) is 3.44. The second kappa shape index (κ2) is 5.10. The number of amides is 2. The molecule has 2 aliphatic rings. The van der Waals surface area contributed by atoms with Gasteiger partial charge in [0.25, 0.3) is 11.8 Å². The third kappa shape index (κ3) is 2.43. The van der Waals surface area contributed by atoms with Crippen LogP contribution in [0.25, 0.3) is 0 Å². The zero-order chi connectivity index (χ0) is 15.0. The lowest BCUT2D eigenvalue weighted by atomic mass is 10.0. The van der Waals surface area contributed by atoms with Gasteiger partial charge in [0.15, 0.2) is 5.11 Å². The minimum atomic E-state index is -0.570. The lowest BCUT2D eigenvalue weighted by Crippen LogP contribution is -2.27. The summed E-state index contributed by atoms with van der Waals surface area (Å²) in [7, 11) is 0. The molecule has 0 radical (unpaired) electrons. The molecule has 0 spiro atoms. The Balaban J connectivity index is 1.88. The maximum Gasteiger partial charge on any atom is 0.273 e. The molecule has 2 aliphatic heterocycles. The number of benzene rings is 1. The standard InChI is InChI=1S/C14H12N4O2S/c1-8-10(7-11-12(19)16-14(21)15-11)13(20)18(17-8)9-5-3-2-4-6-9/h2-7,10H,1H3,(H2,15,16,19,21). The fourth-order valence-electron chi connectivity index (χ4n) is 2.19. The summed E-state index contributed by atoms with van der Waals surface area (Å²) in [6.45, 7) is 1.76. The summed E-state index contributed by atoms with van der Waals surface area (Å²) in [6, 6.07) is 9.15. The Hall–Kier alpha value is -2.54. The highest BCUT2D eigenvalue weighted by atomic mass is 32.1. The van der Waals surface area contributed by atoms with Gasteiger partial charge in [-0.25, -0.2) is 0 Å². The quantitative estimate of drug-likeness (QED) is 0.629. The zero-order valence-corrected chi connectivity index (χ0v) is 12.0. The minimum absolute atomic E-state index is 0.196. The van der Waals surface area contributed by atoms with Gasteiger partial charge in [0.2, 0.25) is 0 Å². The smallest absolute Gasteiger partial charge is 0.273 e. The Morgan fingerprint density at radius 1 is 1.24 bits per heavy atom. The Morgan fingerprint density at radius 2 is 1.95 bits per heavy atom. The molecule has 0 aromatic heterocycles. The summed E-state index contributed by atoms with van der Waals surface area (Å²) in [4.78, 5) is 24.1. The number of nitrogens with zero attached hydrogens (tertiary/aromatic N) is 2. The molecule has 6 nitrogen and oxygen atoms in total. The Kier molecular flexibility index (Phi) is 3.26. The molecule has 1 aromatic carbocycles.